The van der Waals surface area contributed by atoms with Gasteiger partial charge in [0.2, 0.25) is 5.96 Å². The molecule has 0 saturated heterocycles. The molecule has 1 aromatic rings. The lowest BCUT2D eigenvalue weighted by molar-refractivity contribution is 0.381. The molecule has 1 aromatic heterocycles. The van der Waals surface area contributed by atoms with Gasteiger partial charge in [-0.05, 0) is 0 Å². The molecule has 6 N–H and O–H groups in total. The molecule has 0 radical (unpaired) electrons. The highest BCUT2D eigenvalue weighted by molar-refractivity contribution is 5.77. The molecule has 0 aliphatic carbocycles. The van der Waals surface area contributed by atoms with Crippen molar-refractivity contribution >= 4 is 5.96 Å². The zero-order valence-corrected chi connectivity index (χ0v) is 6.78. The largest absolute Gasteiger partial charge is 0.438 e. The first kappa shape index (κ1) is 9.26. The maximum absolute atomic E-state index is 10.5. The van der Waals surface area contributed by atoms with Crippen molar-refractivity contribution in [2.24, 2.45) is 16.6 Å². The van der Waals surface area contributed by atoms with Crippen LogP contribution in [0.5, 0.6) is 0 Å². The van der Waals surface area contributed by atoms with Gasteiger partial charge in [-0.25, -0.2) is 10.6 Å². The van der Waals surface area contributed by atoms with Crippen LogP contribution in [0.3, 0.4) is 0 Å². The number of nitrogens with one attached hydrogen (secondary N) is 2. The van der Waals surface area contributed by atoms with Crippen molar-refractivity contribution in [2.75, 3.05) is 6.54 Å². The Hall–Kier alpha value is -1.83. The number of nitrogens with two attached hydrogens (primary N) is 2. The van der Waals surface area contributed by atoms with Crippen LogP contribution in [0.25, 0.3) is 0 Å². The molecule has 0 aromatic carbocycles. The van der Waals surface area contributed by atoms with E-state index in [9.17, 15) is 4.79 Å². The monoisotopic (exact) mass is 186 g/mol. The second-order valence-electron chi connectivity index (χ2n) is 2.20. The number of aliphatic imine (C=N–C) groups is 1. The van der Waals surface area contributed by atoms with Gasteiger partial charge in [-0.1, -0.05) is 5.16 Å². The van der Waals surface area contributed by atoms with E-state index in [2.05, 4.69) is 25.1 Å². The summed E-state index contributed by atoms with van der Waals surface area (Å²) < 4.78 is 4.27. The average Bonchev–Trinajstić information content (AvgIpc) is 2.51. The van der Waals surface area contributed by atoms with E-state index in [-0.39, 0.29) is 5.96 Å². The highest BCUT2D eigenvalue weighted by Gasteiger charge is 1.98. The summed E-state index contributed by atoms with van der Waals surface area (Å²) in [5.74, 6) is 4.94. The van der Waals surface area contributed by atoms with Crippen LogP contribution in [-0.4, -0.2) is 22.6 Å². The minimum absolute atomic E-state index is 0.130. The molecular weight excluding hydrogens is 176 g/mol. The van der Waals surface area contributed by atoms with Crippen molar-refractivity contribution in [1.82, 2.24) is 15.6 Å². The van der Waals surface area contributed by atoms with E-state index < -0.39 is 5.76 Å². The SMILES string of the molecule is NNC(N)=NCCc1noc(=O)[nH]1. The van der Waals surface area contributed by atoms with Gasteiger partial charge < -0.3 is 5.73 Å². The Kier molecular flexibility index (Phi) is 3.03. The van der Waals surface area contributed by atoms with Crippen molar-refractivity contribution in [3.05, 3.63) is 16.4 Å². The predicted molar refractivity (Wildman–Crippen MR) is 44.6 cm³/mol. The maximum Gasteiger partial charge on any atom is 0.438 e. The fraction of sp³-hybridized carbons (Fsp3) is 0.400. The molecule has 8 heteroatoms. The second-order valence-corrected chi connectivity index (χ2v) is 2.20. The highest BCUT2D eigenvalue weighted by Crippen LogP contribution is 1.86. The fourth-order valence-electron chi connectivity index (χ4n) is 0.696. The van der Waals surface area contributed by atoms with Gasteiger partial charge >= 0.3 is 5.76 Å². The summed E-state index contributed by atoms with van der Waals surface area (Å²) >= 11 is 0. The van der Waals surface area contributed by atoms with E-state index in [1.807, 2.05) is 0 Å². The van der Waals surface area contributed by atoms with E-state index in [4.69, 9.17) is 11.6 Å². The molecular formula is C5H10N6O2. The van der Waals surface area contributed by atoms with Gasteiger partial charge in [-0.15, -0.1) is 0 Å². The molecule has 8 nitrogen and oxygen atoms in total. The molecule has 1 heterocycles. The number of hydrogen-bond acceptors (Lipinski definition) is 5. The van der Waals surface area contributed by atoms with E-state index in [1.165, 1.54) is 0 Å². The average molecular weight is 186 g/mol. The van der Waals surface area contributed by atoms with Crippen molar-refractivity contribution < 1.29 is 4.52 Å². The van der Waals surface area contributed by atoms with E-state index in [0.717, 1.165) is 0 Å². The zero-order chi connectivity index (χ0) is 9.68. The first-order chi connectivity index (χ1) is 6.22. The lowest BCUT2D eigenvalue weighted by Gasteiger charge is -1.95. The van der Waals surface area contributed by atoms with E-state index in [1.54, 1.807) is 0 Å². The number of aromatic nitrogens is 2. The molecule has 0 aliphatic rings. The smallest absolute Gasteiger partial charge is 0.369 e. The summed E-state index contributed by atoms with van der Waals surface area (Å²) in [5.41, 5.74) is 7.41. The molecule has 0 amide bonds. The number of rotatable bonds is 3. The van der Waals surface area contributed by atoms with Gasteiger partial charge in [-0.2, -0.15) is 0 Å². The molecule has 13 heavy (non-hydrogen) atoms. The number of hydrogen-bond donors (Lipinski definition) is 4. The second kappa shape index (κ2) is 4.26. The van der Waals surface area contributed by atoms with Gasteiger partial charge in [0.15, 0.2) is 5.82 Å². The van der Waals surface area contributed by atoms with E-state index >= 15 is 0 Å². The standard InChI is InChI=1S/C5H10N6O2/c6-4(10-7)8-2-1-3-9-5(12)13-11-3/h1-2,7H2,(H3,6,8,10)(H,9,11,12). The molecule has 0 spiro atoms. The number of aromatic amines is 1. The summed E-state index contributed by atoms with van der Waals surface area (Å²) in [6, 6.07) is 0. The van der Waals surface area contributed by atoms with Crippen molar-refractivity contribution in [3.8, 4) is 0 Å². The Labute approximate surface area is 73.0 Å². The summed E-state index contributed by atoms with van der Waals surface area (Å²) in [4.78, 5) is 16.6. The predicted octanol–water partition coefficient (Wildman–Crippen LogP) is -2.32. The first-order valence-electron chi connectivity index (χ1n) is 3.54. The van der Waals surface area contributed by atoms with Crippen LogP contribution in [0, 0.1) is 0 Å². The lowest BCUT2D eigenvalue weighted by atomic mass is 10.4. The Morgan fingerprint density at radius 1 is 1.77 bits per heavy atom. The van der Waals surface area contributed by atoms with Crippen molar-refractivity contribution in [1.29, 1.82) is 0 Å². The molecule has 0 unspecified atom stereocenters. The number of nitrogens with zero attached hydrogens (tertiary/aromatic N) is 2. The molecule has 0 fully saturated rings. The van der Waals surface area contributed by atoms with Gasteiger partial charge in [-0.3, -0.25) is 19.9 Å². The lowest BCUT2D eigenvalue weighted by Crippen LogP contribution is -2.37. The van der Waals surface area contributed by atoms with Gasteiger partial charge in [0, 0.05) is 13.0 Å². The molecule has 72 valence electrons. The Morgan fingerprint density at radius 2 is 2.54 bits per heavy atom. The van der Waals surface area contributed by atoms with Crippen molar-refractivity contribution in [2.45, 2.75) is 6.42 Å². The van der Waals surface area contributed by atoms with Crippen LogP contribution in [0.15, 0.2) is 14.3 Å². The normalized spacial score (nSPS) is 11.6. The summed E-state index contributed by atoms with van der Waals surface area (Å²) in [6.07, 6.45) is 0.439. The van der Waals surface area contributed by atoms with Crippen LogP contribution in [0.2, 0.25) is 0 Å². The Morgan fingerprint density at radius 3 is 3.08 bits per heavy atom. The summed E-state index contributed by atoms with van der Waals surface area (Å²) in [6.45, 7) is 0.374. The van der Waals surface area contributed by atoms with Crippen molar-refractivity contribution in [3.63, 3.8) is 0 Å². The molecule has 1 rings (SSSR count). The van der Waals surface area contributed by atoms with E-state index in [0.29, 0.717) is 18.8 Å². The zero-order valence-electron chi connectivity index (χ0n) is 6.78. The third-order valence-corrected chi connectivity index (χ3v) is 1.26. The third kappa shape index (κ3) is 2.95. The van der Waals surface area contributed by atoms with Crippen LogP contribution >= 0.6 is 0 Å². The number of hydrazine groups is 1. The minimum atomic E-state index is -0.580. The van der Waals surface area contributed by atoms with Gasteiger partial charge in [0.05, 0.1) is 0 Å². The molecule has 0 aliphatic heterocycles. The third-order valence-electron chi connectivity index (χ3n) is 1.26. The molecule has 0 bridgehead atoms. The maximum atomic E-state index is 10.5. The fourth-order valence-corrected chi connectivity index (χ4v) is 0.696. The minimum Gasteiger partial charge on any atom is -0.369 e. The molecule has 0 saturated carbocycles. The number of H-pyrrole nitrogens is 1. The Bertz CT molecular complexity index is 339. The summed E-state index contributed by atoms with van der Waals surface area (Å²) in [7, 11) is 0. The van der Waals surface area contributed by atoms with Crippen LogP contribution < -0.4 is 22.8 Å². The topological polar surface area (TPSA) is 135 Å². The van der Waals surface area contributed by atoms with Crippen LogP contribution in [-0.2, 0) is 6.42 Å². The number of guanidine groups is 1. The van der Waals surface area contributed by atoms with Gasteiger partial charge in [0.1, 0.15) is 0 Å². The van der Waals surface area contributed by atoms with Gasteiger partial charge in [0.25, 0.3) is 0 Å². The summed E-state index contributed by atoms with van der Waals surface area (Å²) in [5, 5.41) is 3.43. The highest BCUT2D eigenvalue weighted by atomic mass is 16.5. The quantitative estimate of drug-likeness (QED) is 0.181. The Balaban J connectivity index is 2.40. The molecule has 0 atom stereocenters. The first-order valence-corrected chi connectivity index (χ1v) is 3.54. The van der Waals surface area contributed by atoms with Crippen LogP contribution in [0.1, 0.15) is 5.82 Å². The van der Waals surface area contributed by atoms with Crippen LogP contribution in [0.4, 0.5) is 0 Å².